The molecule has 0 radical (unpaired) electrons. The first-order valence-corrected chi connectivity index (χ1v) is 5.46. The Balaban J connectivity index is 2.12. The van der Waals surface area contributed by atoms with Crippen molar-refractivity contribution in [3.8, 4) is 0 Å². The summed E-state index contributed by atoms with van der Waals surface area (Å²) in [5, 5.41) is 0. The zero-order chi connectivity index (χ0) is 13.3. The van der Waals surface area contributed by atoms with Crippen LogP contribution in [0.5, 0.6) is 0 Å². The normalized spacial score (nSPS) is 20.2. The van der Waals surface area contributed by atoms with Crippen LogP contribution in [-0.2, 0) is 6.18 Å². The van der Waals surface area contributed by atoms with Crippen LogP contribution in [-0.4, -0.2) is 34.9 Å². The molecular formula is C11H12F3N3O. The molecule has 0 aliphatic carbocycles. The number of nitrogens with two attached hydrogens (primary N) is 1. The van der Waals surface area contributed by atoms with Crippen molar-refractivity contribution in [3.63, 3.8) is 0 Å². The molecule has 2 heterocycles. The van der Waals surface area contributed by atoms with E-state index in [0.29, 0.717) is 19.5 Å². The summed E-state index contributed by atoms with van der Waals surface area (Å²) in [7, 11) is 0. The predicted octanol–water partition coefficient (Wildman–Crippen LogP) is 1.27. The Labute approximate surface area is 102 Å². The molecule has 1 aromatic heterocycles. The number of likely N-dealkylation sites (tertiary alicyclic amines) is 1. The minimum atomic E-state index is -4.49. The smallest absolute Gasteiger partial charge is 0.337 e. The molecular weight excluding hydrogens is 247 g/mol. The van der Waals surface area contributed by atoms with Gasteiger partial charge < -0.3 is 10.6 Å². The Morgan fingerprint density at radius 1 is 1.44 bits per heavy atom. The Hall–Kier alpha value is -1.63. The second kappa shape index (κ2) is 4.56. The highest BCUT2D eigenvalue weighted by atomic mass is 19.4. The summed E-state index contributed by atoms with van der Waals surface area (Å²) in [6, 6.07) is 1.89. The minimum absolute atomic E-state index is 0.0589. The number of rotatable bonds is 1. The van der Waals surface area contributed by atoms with E-state index in [0.717, 1.165) is 18.3 Å². The average Bonchev–Trinajstić information content (AvgIpc) is 2.74. The summed E-state index contributed by atoms with van der Waals surface area (Å²) in [6.07, 6.45) is -2.83. The molecule has 18 heavy (non-hydrogen) atoms. The first kappa shape index (κ1) is 12.8. The zero-order valence-electron chi connectivity index (χ0n) is 9.44. The van der Waals surface area contributed by atoms with Crippen LogP contribution in [0.2, 0.25) is 0 Å². The van der Waals surface area contributed by atoms with E-state index in [1.54, 1.807) is 0 Å². The Morgan fingerprint density at radius 2 is 2.17 bits per heavy atom. The molecule has 0 spiro atoms. The number of halogens is 3. The van der Waals surface area contributed by atoms with Crippen molar-refractivity contribution >= 4 is 5.91 Å². The predicted molar refractivity (Wildman–Crippen MR) is 57.7 cm³/mol. The number of amides is 1. The SMILES string of the molecule is N[C@H]1CCN(C(=O)c2ccc(C(F)(F)F)nc2)C1. The molecule has 0 aromatic carbocycles. The van der Waals surface area contributed by atoms with E-state index < -0.39 is 11.9 Å². The maximum atomic E-state index is 12.3. The number of alkyl halides is 3. The molecule has 0 bridgehead atoms. The van der Waals surface area contributed by atoms with Gasteiger partial charge >= 0.3 is 6.18 Å². The van der Waals surface area contributed by atoms with Gasteiger partial charge in [-0.05, 0) is 18.6 Å². The van der Waals surface area contributed by atoms with E-state index in [4.69, 9.17) is 5.73 Å². The quantitative estimate of drug-likeness (QED) is 0.826. The van der Waals surface area contributed by atoms with Crippen molar-refractivity contribution in [1.29, 1.82) is 0 Å². The van der Waals surface area contributed by atoms with E-state index in [1.165, 1.54) is 4.90 Å². The Bertz CT molecular complexity index is 444. The fraction of sp³-hybridized carbons (Fsp3) is 0.455. The summed E-state index contributed by atoms with van der Waals surface area (Å²) in [6.45, 7) is 0.959. The molecule has 2 rings (SSSR count). The molecule has 4 nitrogen and oxygen atoms in total. The van der Waals surface area contributed by atoms with E-state index >= 15 is 0 Å². The van der Waals surface area contributed by atoms with Gasteiger partial charge in [0.1, 0.15) is 5.69 Å². The topological polar surface area (TPSA) is 59.2 Å². The lowest BCUT2D eigenvalue weighted by molar-refractivity contribution is -0.141. The molecule has 1 aliphatic rings. The number of pyridine rings is 1. The summed E-state index contributed by atoms with van der Waals surface area (Å²) < 4.78 is 36.9. The Morgan fingerprint density at radius 3 is 2.61 bits per heavy atom. The van der Waals surface area contributed by atoms with Gasteiger partial charge in [-0.3, -0.25) is 9.78 Å². The van der Waals surface area contributed by atoms with Gasteiger partial charge in [0.05, 0.1) is 5.56 Å². The largest absolute Gasteiger partial charge is 0.433 e. The maximum absolute atomic E-state index is 12.3. The van der Waals surface area contributed by atoms with Gasteiger partial charge in [0.15, 0.2) is 0 Å². The van der Waals surface area contributed by atoms with Crippen molar-refractivity contribution < 1.29 is 18.0 Å². The standard InChI is InChI=1S/C11H12F3N3O/c12-11(13,14)9-2-1-7(5-16-9)10(18)17-4-3-8(15)6-17/h1-2,5,8H,3-4,6,15H2/t8-/m0/s1. The molecule has 1 atom stereocenters. The highest BCUT2D eigenvalue weighted by molar-refractivity contribution is 5.94. The first-order chi connectivity index (χ1) is 8.38. The fourth-order valence-corrected chi connectivity index (χ4v) is 1.84. The molecule has 1 fully saturated rings. The first-order valence-electron chi connectivity index (χ1n) is 5.46. The summed E-state index contributed by atoms with van der Waals surface area (Å²) in [4.78, 5) is 16.7. The van der Waals surface area contributed by atoms with Crippen LogP contribution in [0.25, 0.3) is 0 Å². The summed E-state index contributed by atoms with van der Waals surface area (Å²) in [5.41, 5.74) is 4.81. The fourth-order valence-electron chi connectivity index (χ4n) is 1.84. The van der Waals surface area contributed by atoms with E-state index in [9.17, 15) is 18.0 Å². The third-order valence-corrected chi connectivity index (χ3v) is 2.81. The molecule has 1 aliphatic heterocycles. The van der Waals surface area contributed by atoms with E-state index in [-0.39, 0.29) is 17.5 Å². The molecule has 0 unspecified atom stereocenters. The van der Waals surface area contributed by atoms with Crippen LogP contribution in [0.4, 0.5) is 13.2 Å². The Kier molecular flexibility index (Phi) is 3.25. The number of nitrogens with zero attached hydrogens (tertiary/aromatic N) is 2. The van der Waals surface area contributed by atoms with Crippen molar-refractivity contribution in [1.82, 2.24) is 9.88 Å². The van der Waals surface area contributed by atoms with Gasteiger partial charge in [-0.1, -0.05) is 0 Å². The van der Waals surface area contributed by atoms with Crippen LogP contribution in [0.15, 0.2) is 18.3 Å². The minimum Gasteiger partial charge on any atom is -0.337 e. The number of hydrogen-bond acceptors (Lipinski definition) is 3. The van der Waals surface area contributed by atoms with E-state index in [2.05, 4.69) is 4.98 Å². The van der Waals surface area contributed by atoms with E-state index in [1.807, 2.05) is 0 Å². The highest BCUT2D eigenvalue weighted by Gasteiger charge is 2.32. The van der Waals surface area contributed by atoms with Gasteiger partial charge in [-0.2, -0.15) is 13.2 Å². The van der Waals surface area contributed by atoms with Gasteiger partial charge in [-0.25, -0.2) is 0 Å². The van der Waals surface area contributed by atoms with Crippen molar-refractivity contribution in [2.24, 2.45) is 5.73 Å². The van der Waals surface area contributed by atoms with Crippen LogP contribution in [0.3, 0.4) is 0 Å². The third-order valence-electron chi connectivity index (χ3n) is 2.81. The van der Waals surface area contributed by atoms with Crippen LogP contribution < -0.4 is 5.73 Å². The van der Waals surface area contributed by atoms with Crippen molar-refractivity contribution in [2.45, 2.75) is 18.6 Å². The number of carbonyl (C=O) groups is 1. The zero-order valence-corrected chi connectivity index (χ0v) is 9.44. The lowest BCUT2D eigenvalue weighted by Gasteiger charge is -2.15. The second-order valence-electron chi connectivity index (χ2n) is 4.23. The lowest BCUT2D eigenvalue weighted by atomic mass is 10.2. The van der Waals surface area contributed by atoms with Crippen LogP contribution >= 0.6 is 0 Å². The molecule has 7 heteroatoms. The molecule has 1 amide bonds. The monoisotopic (exact) mass is 259 g/mol. The van der Waals surface area contributed by atoms with Gasteiger partial charge in [0, 0.05) is 25.3 Å². The molecule has 1 saturated heterocycles. The number of aromatic nitrogens is 1. The lowest BCUT2D eigenvalue weighted by Crippen LogP contribution is -2.32. The summed E-state index contributed by atoms with van der Waals surface area (Å²) in [5.74, 6) is -0.329. The van der Waals surface area contributed by atoms with Crippen LogP contribution in [0, 0.1) is 0 Å². The molecule has 0 saturated carbocycles. The van der Waals surface area contributed by atoms with Crippen molar-refractivity contribution in [2.75, 3.05) is 13.1 Å². The summed E-state index contributed by atoms with van der Waals surface area (Å²) >= 11 is 0. The van der Waals surface area contributed by atoms with Crippen LogP contribution in [0.1, 0.15) is 22.5 Å². The average molecular weight is 259 g/mol. The maximum Gasteiger partial charge on any atom is 0.433 e. The third kappa shape index (κ3) is 2.61. The molecule has 98 valence electrons. The number of hydrogen-bond donors (Lipinski definition) is 1. The number of carbonyl (C=O) groups excluding carboxylic acids is 1. The second-order valence-corrected chi connectivity index (χ2v) is 4.23. The molecule has 2 N–H and O–H groups in total. The highest BCUT2D eigenvalue weighted by Crippen LogP contribution is 2.27. The molecule has 1 aromatic rings. The van der Waals surface area contributed by atoms with Gasteiger partial charge in [0.2, 0.25) is 0 Å². The van der Waals surface area contributed by atoms with Gasteiger partial charge in [-0.15, -0.1) is 0 Å². The van der Waals surface area contributed by atoms with Gasteiger partial charge in [0.25, 0.3) is 5.91 Å². The van der Waals surface area contributed by atoms with Crippen molar-refractivity contribution in [3.05, 3.63) is 29.6 Å².